The van der Waals surface area contributed by atoms with E-state index in [0.717, 1.165) is 11.8 Å². The minimum absolute atomic E-state index is 0.0243. The lowest BCUT2D eigenvalue weighted by Gasteiger charge is -2.29. The third kappa shape index (κ3) is 4.97. The largest absolute Gasteiger partial charge is 0.465 e. The summed E-state index contributed by atoms with van der Waals surface area (Å²) in [5.74, 6) is -2.32. The van der Waals surface area contributed by atoms with E-state index in [2.05, 4.69) is 11.4 Å². The van der Waals surface area contributed by atoms with Crippen molar-refractivity contribution in [3.63, 3.8) is 0 Å². The Morgan fingerprint density at radius 3 is 2.41 bits per heavy atom. The van der Waals surface area contributed by atoms with E-state index in [1.807, 2.05) is 0 Å². The van der Waals surface area contributed by atoms with Gasteiger partial charge in [0.1, 0.15) is 0 Å². The number of ether oxygens (including phenoxy) is 2. The van der Waals surface area contributed by atoms with Gasteiger partial charge < -0.3 is 20.5 Å². The van der Waals surface area contributed by atoms with Crippen molar-refractivity contribution in [2.24, 2.45) is 5.73 Å². The number of nitrogens with one attached hydrogen (secondary N) is 1. The van der Waals surface area contributed by atoms with Crippen molar-refractivity contribution in [3.05, 3.63) is 57.3 Å². The third-order valence-corrected chi connectivity index (χ3v) is 5.21. The van der Waals surface area contributed by atoms with Crippen molar-refractivity contribution in [2.45, 2.75) is 19.8 Å². The maximum Gasteiger partial charge on any atom is 0.337 e. The molecule has 0 aliphatic carbocycles. The molecular weight excluding hydrogens is 394 g/mol. The van der Waals surface area contributed by atoms with Gasteiger partial charge in [0.05, 0.1) is 53.2 Å². The monoisotopic (exact) mass is 415 g/mol. The molecule has 0 radical (unpaired) electrons. The summed E-state index contributed by atoms with van der Waals surface area (Å²) in [6.07, 6.45) is 0. The molecule has 0 fully saturated rings. The number of carbonyl (C=O) groups is 3. The Labute approximate surface area is 172 Å². The number of allylic oxidation sites excluding steroid dienone is 2. The lowest BCUT2D eigenvalue weighted by molar-refractivity contribution is -0.138. The summed E-state index contributed by atoms with van der Waals surface area (Å²) in [5.41, 5.74) is 7.25. The van der Waals surface area contributed by atoms with E-state index < -0.39 is 23.8 Å². The highest BCUT2D eigenvalue weighted by molar-refractivity contribution is 8.03. The predicted octanol–water partition coefficient (Wildman–Crippen LogP) is 1.95. The smallest absolute Gasteiger partial charge is 0.337 e. The summed E-state index contributed by atoms with van der Waals surface area (Å²) >= 11 is 1.09. The van der Waals surface area contributed by atoms with E-state index in [9.17, 15) is 19.6 Å². The first-order valence-electron chi connectivity index (χ1n) is 8.72. The quantitative estimate of drug-likeness (QED) is 0.646. The standard InChI is InChI=1S/C20H21N3O5S/c1-4-28-20(26)16-11(2)23-18(29-10-15(22)24)14(9-21)17(16)12-5-7-13(8-6-12)19(25)27-3/h5-8,17,23H,4,10H2,1-3H3,(H2,22,24)/t17-/m1/s1. The van der Waals surface area contributed by atoms with E-state index in [-0.39, 0.29) is 23.5 Å². The number of hydrogen-bond donors (Lipinski definition) is 2. The van der Waals surface area contributed by atoms with Gasteiger partial charge in [-0.15, -0.1) is 0 Å². The fourth-order valence-electron chi connectivity index (χ4n) is 2.91. The van der Waals surface area contributed by atoms with E-state index >= 15 is 0 Å². The summed E-state index contributed by atoms with van der Waals surface area (Å²) in [6.45, 7) is 3.57. The van der Waals surface area contributed by atoms with Gasteiger partial charge in [-0.2, -0.15) is 5.26 Å². The fourth-order valence-corrected chi connectivity index (χ4v) is 3.74. The molecule has 0 bridgehead atoms. The number of hydrogen-bond acceptors (Lipinski definition) is 8. The molecule has 1 aromatic carbocycles. The van der Waals surface area contributed by atoms with Crippen molar-refractivity contribution >= 4 is 29.6 Å². The minimum atomic E-state index is -0.720. The number of nitriles is 1. The maximum atomic E-state index is 12.6. The van der Waals surface area contributed by atoms with Gasteiger partial charge >= 0.3 is 11.9 Å². The first-order valence-corrected chi connectivity index (χ1v) is 9.71. The predicted molar refractivity (Wildman–Crippen MR) is 107 cm³/mol. The molecule has 1 aliphatic heterocycles. The third-order valence-electron chi connectivity index (χ3n) is 4.17. The van der Waals surface area contributed by atoms with Crippen LogP contribution >= 0.6 is 11.8 Å². The molecule has 3 N–H and O–H groups in total. The minimum Gasteiger partial charge on any atom is -0.465 e. The molecule has 152 valence electrons. The van der Waals surface area contributed by atoms with Crippen LogP contribution in [0.15, 0.2) is 46.1 Å². The number of amides is 1. The zero-order valence-electron chi connectivity index (χ0n) is 16.3. The van der Waals surface area contributed by atoms with Gasteiger partial charge in [0.2, 0.25) is 5.91 Å². The molecule has 29 heavy (non-hydrogen) atoms. The summed E-state index contributed by atoms with van der Waals surface area (Å²) in [4.78, 5) is 35.5. The normalized spacial score (nSPS) is 16.0. The van der Waals surface area contributed by atoms with Crippen LogP contribution < -0.4 is 11.1 Å². The molecular formula is C20H21N3O5S. The van der Waals surface area contributed by atoms with Crippen LogP contribution in [0.2, 0.25) is 0 Å². The molecule has 9 heteroatoms. The molecule has 1 aromatic rings. The highest BCUT2D eigenvalue weighted by Crippen LogP contribution is 2.41. The molecule has 0 saturated heterocycles. The Morgan fingerprint density at radius 1 is 1.24 bits per heavy atom. The van der Waals surface area contributed by atoms with Crippen LogP contribution in [0.3, 0.4) is 0 Å². The number of rotatable bonds is 7. The van der Waals surface area contributed by atoms with Crippen molar-refractivity contribution in [1.82, 2.24) is 5.32 Å². The Kier molecular flexibility index (Phi) is 7.45. The first-order chi connectivity index (χ1) is 13.8. The molecule has 1 heterocycles. The number of nitrogens with zero attached hydrogens (tertiary/aromatic N) is 1. The van der Waals surface area contributed by atoms with Gasteiger partial charge in [0, 0.05) is 5.70 Å². The summed E-state index contributed by atoms with van der Waals surface area (Å²) in [5, 5.41) is 13.3. The Bertz CT molecular complexity index is 928. The first kappa shape index (κ1) is 22.0. The maximum absolute atomic E-state index is 12.6. The van der Waals surface area contributed by atoms with Crippen LogP contribution in [0, 0.1) is 11.3 Å². The molecule has 2 rings (SSSR count). The summed E-state index contributed by atoms with van der Waals surface area (Å²) in [7, 11) is 1.28. The molecule has 0 unspecified atom stereocenters. The highest BCUT2D eigenvalue weighted by atomic mass is 32.2. The van der Waals surface area contributed by atoms with Crippen LogP contribution in [0.5, 0.6) is 0 Å². The van der Waals surface area contributed by atoms with Crippen LogP contribution in [-0.4, -0.2) is 37.3 Å². The highest BCUT2D eigenvalue weighted by Gasteiger charge is 2.35. The summed E-state index contributed by atoms with van der Waals surface area (Å²) in [6, 6.07) is 8.57. The molecule has 0 spiro atoms. The van der Waals surface area contributed by atoms with E-state index in [1.54, 1.807) is 38.1 Å². The number of esters is 2. The second-order valence-corrected chi connectivity index (χ2v) is 7.03. The lowest BCUT2D eigenvalue weighted by Crippen LogP contribution is -2.29. The number of benzene rings is 1. The fraction of sp³-hybridized carbons (Fsp3) is 0.300. The van der Waals surface area contributed by atoms with Crippen molar-refractivity contribution < 1.29 is 23.9 Å². The molecule has 0 saturated carbocycles. The van der Waals surface area contributed by atoms with Crippen LogP contribution in [0.1, 0.15) is 35.7 Å². The van der Waals surface area contributed by atoms with E-state index in [4.69, 9.17) is 15.2 Å². The van der Waals surface area contributed by atoms with Crippen LogP contribution in [0.4, 0.5) is 0 Å². The van der Waals surface area contributed by atoms with Crippen molar-refractivity contribution in [2.75, 3.05) is 19.5 Å². The van der Waals surface area contributed by atoms with Crippen molar-refractivity contribution in [3.8, 4) is 6.07 Å². The van der Waals surface area contributed by atoms with E-state index in [0.29, 0.717) is 21.9 Å². The zero-order valence-corrected chi connectivity index (χ0v) is 17.1. The van der Waals surface area contributed by atoms with Gasteiger partial charge in [-0.25, -0.2) is 9.59 Å². The summed E-state index contributed by atoms with van der Waals surface area (Å²) < 4.78 is 9.89. The Hall–Kier alpha value is -3.25. The number of primary amides is 1. The second-order valence-electron chi connectivity index (χ2n) is 6.04. The van der Waals surface area contributed by atoms with E-state index in [1.165, 1.54) is 7.11 Å². The van der Waals surface area contributed by atoms with Gasteiger partial charge in [0.25, 0.3) is 0 Å². The zero-order chi connectivity index (χ0) is 21.6. The average molecular weight is 415 g/mol. The average Bonchev–Trinajstić information content (AvgIpc) is 2.71. The second kappa shape index (κ2) is 9.80. The van der Waals surface area contributed by atoms with Gasteiger partial charge in [0.15, 0.2) is 0 Å². The SMILES string of the molecule is CCOC(=O)C1=C(C)NC(SCC(N)=O)=C(C#N)[C@H]1c1ccc(C(=O)OC)cc1. The molecule has 0 aromatic heterocycles. The van der Waals surface area contributed by atoms with Crippen LogP contribution in [-0.2, 0) is 19.1 Å². The molecule has 1 amide bonds. The Balaban J connectivity index is 2.58. The lowest BCUT2D eigenvalue weighted by atomic mass is 9.82. The number of nitrogens with two attached hydrogens (primary N) is 1. The molecule has 1 atom stereocenters. The number of dihydropyridines is 1. The Morgan fingerprint density at radius 2 is 1.90 bits per heavy atom. The van der Waals surface area contributed by atoms with Gasteiger partial charge in [-0.1, -0.05) is 23.9 Å². The van der Waals surface area contributed by atoms with Crippen molar-refractivity contribution in [1.29, 1.82) is 5.26 Å². The molecule has 1 aliphatic rings. The van der Waals surface area contributed by atoms with Crippen LogP contribution in [0.25, 0.3) is 0 Å². The number of methoxy groups -OCH3 is 1. The van der Waals surface area contributed by atoms with Gasteiger partial charge in [-0.3, -0.25) is 4.79 Å². The topological polar surface area (TPSA) is 132 Å². The van der Waals surface area contributed by atoms with Gasteiger partial charge in [-0.05, 0) is 31.5 Å². The number of carbonyl (C=O) groups excluding carboxylic acids is 3. The molecule has 8 nitrogen and oxygen atoms in total. The number of thioether (sulfide) groups is 1.